The zero-order valence-electron chi connectivity index (χ0n) is 15.2. The quantitative estimate of drug-likeness (QED) is 0.859. The van der Waals surface area contributed by atoms with Gasteiger partial charge in [0.05, 0.1) is 13.0 Å². The van der Waals surface area contributed by atoms with Gasteiger partial charge in [0.25, 0.3) is 0 Å². The number of aliphatic carboxylic acids is 1. The summed E-state index contributed by atoms with van der Waals surface area (Å²) in [7, 11) is 1.66. The molecule has 1 aromatic rings. The highest BCUT2D eigenvalue weighted by atomic mass is 16.5. The molecule has 0 aliphatic carbocycles. The molecule has 0 spiro atoms. The summed E-state index contributed by atoms with van der Waals surface area (Å²) in [5, 5.41) is 12.2. The van der Waals surface area contributed by atoms with Crippen molar-refractivity contribution in [1.82, 2.24) is 10.2 Å². The van der Waals surface area contributed by atoms with Crippen molar-refractivity contribution >= 4 is 17.7 Å². The fourth-order valence-electron chi connectivity index (χ4n) is 3.73. The SMILES string of the molecule is COc1cccc(N2CCCC(NC(=O)N3CCC(C(=O)O)CC3)C2)c1. The van der Waals surface area contributed by atoms with Gasteiger partial charge in [0.15, 0.2) is 0 Å². The first-order valence-electron chi connectivity index (χ1n) is 9.24. The van der Waals surface area contributed by atoms with Gasteiger partial charge in [-0.1, -0.05) is 6.07 Å². The number of carbonyl (C=O) groups excluding carboxylic acids is 1. The number of nitrogens with zero attached hydrogens (tertiary/aromatic N) is 2. The number of ether oxygens (including phenoxy) is 1. The number of urea groups is 1. The first kappa shape index (κ1) is 18.4. The molecular weight excluding hydrogens is 334 g/mol. The van der Waals surface area contributed by atoms with E-state index in [0.29, 0.717) is 25.9 Å². The van der Waals surface area contributed by atoms with Crippen molar-refractivity contribution < 1.29 is 19.4 Å². The third-order valence-electron chi connectivity index (χ3n) is 5.30. The number of carboxylic acids is 1. The molecule has 2 fully saturated rings. The average molecular weight is 361 g/mol. The monoisotopic (exact) mass is 361 g/mol. The highest BCUT2D eigenvalue weighted by molar-refractivity contribution is 5.75. The Morgan fingerprint density at radius 2 is 1.96 bits per heavy atom. The largest absolute Gasteiger partial charge is 0.497 e. The van der Waals surface area contributed by atoms with E-state index in [1.165, 1.54) is 0 Å². The topological polar surface area (TPSA) is 82.1 Å². The Labute approximate surface area is 153 Å². The second kappa shape index (κ2) is 8.29. The van der Waals surface area contributed by atoms with E-state index in [0.717, 1.165) is 37.4 Å². The summed E-state index contributed by atoms with van der Waals surface area (Å²) in [4.78, 5) is 27.6. The molecule has 0 saturated carbocycles. The van der Waals surface area contributed by atoms with Crippen LogP contribution in [0.3, 0.4) is 0 Å². The van der Waals surface area contributed by atoms with Gasteiger partial charge in [-0.25, -0.2) is 4.79 Å². The second-order valence-electron chi connectivity index (χ2n) is 7.04. The van der Waals surface area contributed by atoms with Gasteiger partial charge >= 0.3 is 12.0 Å². The van der Waals surface area contributed by atoms with E-state index >= 15 is 0 Å². The predicted molar refractivity (Wildman–Crippen MR) is 98.7 cm³/mol. The maximum atomic E-state index is 12.5. The van der Waals surface area contributed by atoms with Crippen LogP contribution in [0, 0.1) is 5.92 Å². The molecule has 7 heteroatoms. The first-order valence-corrected chi connectivity index (χ1v) is 9.24. The number of hydrogen-bond donors (Lipinski definition) is 2. The Balaban J connectivity index is 1.53. The van der Waals surface area contributed by atoms with Gasteiger partial charge in [-0.2, -0.15) is 0 Å². The number of methoxy groups -OCH3 is 1. The fourth-order valence-corrected chi connectivity index (χ4v) is 3.73. The Hall–Kier alpha value is -2.44. The maximum absolute atomic E-state index is 12.5. The third-order valence-corrected chi connectivity index (χ3v) is 5.30. The van der Waals surface area contributed by atoms with Crippen LogP contribution in [0.1, 0.15) is 25.7 Å². The first-order chi connectivity index (χ1) is 12.6. The molecule has 7 nitrogen and oxygen atoms in total. The lowest BCUT2D eigenvalue weighted by Gasteiger charge is -2.37. The van der Waals surface area contributed by atoms with Crippen molar-refractivity contribution in [2.75, 3.05) is 38.2 Å². The number of carbonyl (C=O) groups is 2. The smallest absolute Gasteiger partial charge is 0.317 e. The Morgan fingerprint density at radius 3 is 2.65 bits per heavy atom. The zero-order chi connectivity index (χ0) is 18.5. The van der Waals surface area contributed by atoms with Crippen molar-refractivity contribution in [2.45, 2.75) is 31.7 Å². The second-order valence-corrected chi connectivity index (χ2v) is 7.04. The van der Waals surface area contributed by atoms with E-state index in [1.807, 2.05) is 18.2 Å². The molecule has 1 unspecified atom stereocenters. The highest BCUT2D eigenvalue weighted by Gasteiger charge is 2.29. The van der Waals surface area contributed by atoms with Crippen LogP contribution in [0.25, 0.3) is 0 Å². The average Bonchev–Trinajstić information content (AvgIpc) is 2.68. The lowest BCUT2D eigenvalue weighted by molar-refractivity contribution is -0.143. The Kier molecular flexibility index (Phi) is 5.85. The van der Waals surface area contributed by atoms with Crippen LogP contribution < -0.4 is 15.0 Å². The van der Waals surface area contributed by atoms with Gasteiger partial charge in [0, 0.05) is 44.0 Å². The molecule has 1 aromatic carbocycles. The van der Waals surface area contributed by atoms with Gasteiger partial charge < -0.3 is 25.0 Å². The molecule has 2 heterocycles. The molecule has 1 atom stereocenters. The summed E-state index contributed by atoms with van der Waals surface area (Å²) in [5.41, 5.74) is 1.10. The van der Waals surface area contributed by atoms with Crippen LogP contribution in [-0.4, -0.2) is 61.3 Å². The third kappa shape index (κ3) is 4.39. The molecule has 26 heavy (non-hydrogen) atoms. The van der Waals surface area contributed by atoms with Crippen molar-refractivity contribution in [3.05, 3.63) is 24.3 Å². The van der Waals surface area contributed by atoms with Gasteiger partial charge in [-0.3, -0.25) is 4.79 Å². The Morgan fingerprint density at radius 1 is 1.19 bits per heavy atom. The van der Waals surface area contributed by atoms with Crippen molar-refractivity contribution in [2.24, 2.45) is 5.92 Å². The number of hydrogen-bond acceptors (Lipinski definition) is 4. The van der Waals surface area contributed by atoms with E-state index < -0.39 is 5.97 Å². The molecular formula is C19H27N3O4. The van der Waals surface area contributed by atoms with Gasteiger partial charge in [-0.15, -0.1) is 0 Å². The summed E-state index contributed by atoms with van der Waals surface area (Å²) in [6.07, 6.45) is 3.04. The number of piperidine rings is 2. The molecule has 2 amide bonds. The molecule has 0 aromatic heterocycles. The summed E-state index contributed by atoms with van der Waals surface area (Å²) in [6.45, 7) is 2.75. The van der Waals surface area contributed by atoms with Crippen LogP contribution in [-0.2, 0) is 4.79 Å². The zero-order valence-corrected chi connectivity index (χ0v) is 15.2. The maximum Gasteiger partial charge on any atom is 0.317 e. The van der Waals surface area contributed by atoms with Gasteiger partial charge in [0.1, 0.15) is 5.75 Å². The highest BCUT2D eigenvalue weighted by Crippen LogP contribution is 2.24. The molecule has 3 rings (SSSR count). The lowest BCUT2D eigenvalue weighted by atomic mass is 9.97. The molecule has 2 aliphatic rings. The number of likely N-dealkylation sites (tertiary alicyclic amines) is 1. The minimum Gasteiger partial charge on any atom is -0.497 e. The number of rotatable bonds is 4. The van der Waals surface area contributed by atoms with E-state index in [-0.39, 0.29) is 18.0 Å². The van der Waals surface area contributed by atoms with Crippen molar-refractivity contribution in [3.63, 3.8) is 0 Å². The van der Waals surface area contributed by atoms with Gasteiger partial charge in [-0.05, 0) is 37.8 Å². The molecule has 2 aliphatic heterocycles. The number of anilines is 1. The summed E-state index contributed by atoms with van der Waals surface area (Å²) in [5.74, 6) is -0.251. The van der Waals surface area contributed by atoms with E-state index in [2.05, 4.69) is 16.3 Å². The Bertz CT molecular complexity index is 643. The number of amides is 2. The number of benzene rings is 1. The van der Waals surface area contributed by atoms with Crippen LogP contribution in [0.2, 0.25) is 0 Å². The van der Waals surface area contributed by atoms with Crippen molar-refractivity contribution in [1.29, 1.82) is 0 Å². The molecule has 2 saturated heterocycles. The summed E-state index contributed by atoms with van der Waals surface area (Å²) < 4.78 is 5.30. The van der Waals surface area contributed by atoms with Crippen LogP contribution >= 0.6 is 0 Å². The fraction of sp³-hybridized carbons (Fsp3) is 0.579. The molecule has 2 N–H and O–H groups in total. The molecule has 0 radical (unpaired) electrons. The van der Waals surface area contributed by atoms with Crippen LogP contribution in [0.15, 0.2) is 24.3 Å². The molecule has 142 valence electrons. The standard InChI is InChI=1S/C19H27N3O4/c1-26-17-6-2-5-16(12-17)22-9-3-4-15(13-22)20-19(25)21-10-7-14(8-11-21)18(23)24/h2,5-6,12,14-15H,3-4,7-11,13H2,1H3,(H,20,25)(H,23,24). The predicted octanol–water partition coefficient (Wildman–Crippen LogP) is 2.17. The summed E-state index contributed by atoms with van der Waals surface area (Å²) >= 11 is 0. The van der Waals surface area contributed by atoms with Crippen LogP contribution in [0.4, 0.5) is 10.5 Å². The minimum atomic E-state index is -0.758. The minimum absolute atomic E-state index is 0.0775. The van der Waals surface area contributed by atoms with Crippen molar-refractivity contribution in [3.8, 4) is 5.75 Å². The number of carboxylic acid groups (broad SMARTS) is 1. The number of nitrogens with one attached hydrogen (secondary N) is 1. The van der Waals surface area contributed by atoms with Gasteiger partial charge in [0.2, 0.25) is 0 Å². The van der Waals surface area contributed by atoms with E-state index in [9.17, 15) is 9.59 Å². The molecule has 0 bridgehead atoms. The van der Waals surface area contributed by atoms with E-state index in [4.69, 9.17) is 9.84 Å². The van der Waals surface area contributed by atoms with Crippen LogP contribution in [0.5, 0.6) is 5.75 Å². The summed E-state index contributed by atoms with van der Waals surface area (Å²) in [6, 6.07) is 7.99. The normalized spacial score (nSPS) is 21.3. The lowest BCUT2D eigenvalue weighted by Crippen LogP contribution is -2.53. The van der Waals surface area contributed by atoms with E-state index in [1.54, 1.807) is 12.0 Å².